The number of carbonyl (C=O) groups is 1. The molecule has 7 nitrogen and oxygen atoms in total. The summed E-state index contributed by atoms with van der Waals surface area (Å²) in [5, 5.41) is 3.97. The third-order valence-electron chi connectivity index (χ3n) is 8.19. The molecular weight excluding hydrogens is 560 g/mol. The predicted molar refractivity (Wildman–Crippen MR) is 175 cm³/mol. The van der Waals surface area contributed by atoms with Crippen LogP contribution in [0, 0.1) is 0 Å². The Morgan fingerprint density at radius 2 is 1.51 bits per heavy atom. The first-order chi connectivity index (χ1) is 22.2. The summed E-state index contributed by atoms with van der Waals surface area (Å²) >= 11 is 0. The molecule has 3 aromatic heterocycles. The van der Waals surface area contributed by atoms with Crippen molar-refractivity contribution in [3.8, 4) is 28.3 Å². The van der Waals surface area contributed by atoms with Gasteiger partial charge in [0.05, 0.1) is 28.7 Å². The van der Waals surface area contributed by atoms with Gasteiger partial charge in [0, 0.05) is 36.1 Å². The molecule has 0 radical (unpaired) electrons. The fraction of sp³-hybridized carbons (Fsp3) is 0.158. The zero-order chi connectivity index (χ0) is 30.5. The molecule has 0 unspecified atom stereocenters. The SMILES string of the molecule is O=C(NC1(c2ccc(-c3nc4ccnc(OCCc5ccncc5)c4cc3-c3ccccc3)cc2)CC1)OCc1ccccc1. The smallest absolute Gasteiger partial charge is 0.408 e. The predicted octanol–water partition coefficient (Wildman–Crippen LogP) is 7.90. The molecule has 222 valence electrons. The highest BCUT2D eigenvalue weighted by molar-refractivity contribution is 5.94. The van der Waals surface area contributed by atoms with Crippen LogP contribution in [0.3, 0.4) is 0 Å². The lowest BCUT2D eigenvalue weighted by Crippen LogP contribution is -2.35. The Bertz CT molecular complexity index is 1910. The molecule has 0 bridgehead atoms. The zero-order valence-corrected chi connectivity index (χ0v) is 24.7. The second-order valence-electron chi connectivity index (χ2n) is 11.2. The summed E-state index contributed by atoms with van der Waals surface area (Å²) in [4.78, 5) is 26.4. The van der Waals surface area contributed by atoms with Gasteiger partial charge in [-0.2, -0.15) is 0 Å². The van der Waals surface area contributed by atoms with Crippen molar-refractivity contribution in [1.82, 2.24) is 20.3 Å². The van der Waals surface area contributed by atoms with Gasteiger partial charge >= 0.3 is 6.09 Å². The van der Waals surface area contributed by atoms with E-state index in [1.807, 2.05) is 66.7 Å². The number of rotatable bonds is 10. The zero-order valence-electron chi connectivity index (χ0n) is 24.7. The Kier molecular flexibility index (Phi) is 7.89. The summed E-state index contributed by atoms with van der Waals surface area (Å²) in [5.41, 5.74) is 7.48. The van der Waals surface area contributed by atoms with Crippen LogP contribution in [-0.2, 0) is 23.3 Å². The highest BCUT2D eigenvalue weighted by atomic mass is 16.5. The van der Waals surface area contributed by atoms with Crippen LogP contribution < -0.4 is 10.1 Å². The van der Waals surface area contributed by atoms with Crippen LogP contribution in [0.5, 0.6) is 5.88 Å². The molecule has 6 aromatic rings. The number of ether oxygens (including phenoxy) is 2. The van der Waals surface area contributed by atoms with Gasteiger partial charge in [0.15, 0.2) is 0 Å². The minimum Gasteiger partial charge on any atom is -0.477 e. The van der Waals surface area contributed by atoms with E-state index in [1.54, 1.807) is 18.6 Å². The Morgan fingerprint density at radius 3 is 2.24 bits per heavy atom. The highest BCUT2D eigenvalue weighted by Gasteiger charge is 2.46. The average molecular weight is 593 g/mol. The second-order valence-corrected chi connectivity index (χ2v) is 11.2. The third kappa shape index (κ3) is 6.38. The van der Waals surface area contributed by atoms with Crippen molar-refractivity contribution in [2.75, 3.05) is 6.61 Å². The molecule has 0 atom stereocenters. The van der Waals surface area contributed by atoms with E-state index in [4.69, 9.17) is 14.5 Å². The number of benzene rings is 3. The summed E-state index contributed by atoms with van der Waals surface area (Å²) in [7, 11) is 0. The van der Waals surface area contributed by atoms with Gasteiger partial charge in [0.25, 0.3) is 0 Å². The molecule has 0 spiro atoms. The van der Waals surface area contributed by atoms with Gasteiger partial charge in [0.2, 0.25) is 5.88 Å². The summed E-state index contributed by atoms with van der Waals surface area (Å²) < 4.78 is 11.7. The van der Waals surface area contributed by atoms with Gasteiger partial charge in [-0.05, 0) is 59.4 Å². The Morgan fingerprint density at radius 1 is 0.778 bits per heavy atom. The molecule has 0 aliphatic heterocycles. The van der Waals surface area contributed by atoms with Crippen molar-refractivity contribution < 1.29 is 14.3 Å². The molecule has 3 heterocycles. The lowest BCUT2D eigenvalue weighted by atomic mass is 9.96. The molecule has 3 aromatic carbocycles. The van der Waals surface area contributed by atoms with Crippen LogP contribution in [0.25, 0.3) is 33.3 Å². The van der Waals surface area contributed by atoms with Crippen molar-refractivity contribution in [2.24, 2.45) is 0 Å². The highest BCUT2D eigenvalue weighted by Crippen LogP contribution is 2.46. The standard InChI is InChI=1S/C38H32N4O3/c43-37(45-26-28-7-3-1-4-8-28)42-38(19-20-38)31-13-11-30(12-14-31)35-32(29-9-5-2-6-10-29)25-33-34(41-35)17-23-40-36(33)44-24-18-27-15-21-39-22-16-27/h1-17,21-23,25H,18-20,24,26H2,(H,42,43). The van der Waals surface area contributed by atoms with Crippen LogP contribution in [0.15, 0.2) is 128 Å². The number of alkyl carbamates (subject to hydrolysis) is 1. The number of hydrogen-bond donors (Lipinski definition) is 1. The summed E-state index contributed by atoms with van der Waals surface area (Å²) in [6.07, 6.45) is 7.41. The van der Waals surface area contributed by atoms with Crippen LogP contribution in [0.1, 0.15) is 29.5 Å². The maximum Gasteiger partial charge on any atom is 0.408 e. The molecule has 1 aliphatic rings. The van der Waals surface area contributed by atoms with Crippen LogP contribution in [0.2, 0.25) is 0 Å². The maximum absolute atomic E-state index is 12.7. The number of nitrogens with zero attached hydrogens (tertiary/aromatic N) is 3. The summed E-state index contributed by atoms with van der Waals surface area (Å²) in [6, 6.07) is 36.3. The fourth-order valence-electron chi connectivity index (χ4n) is 5.57. The third-order valence-corrected chi connectivity index (χ3v) is 8.19. The summed E-state index contributed by atoms with van der Waals surface area (Å²) in [6.45, 7) is 0.736. The minimum absolute atomic E-state index is 0.241. The van der Waals surface area contributed by atoms with E-state index >= 15 is 0 Å². The molecule has 7 heteroatoms. The molecule has 45 heavy (non-hydrogen) atoms. The van der Waals surface area contributed by atoms with E-state index in [1.165, 1.54) is 0 Å². The molecule has 7 rings (SSSR count). The average Bonchev–Trinajstić information content (AvgIpc) is 3.88. The number of hydrogen-bond acceptors (Lipinski definition) is 6. The van der Waals surface area contributed by atoms with Gasteiger partial charge in [-0.15, -0.1) is 0 Å². The normalized spacial score (nSPS) is 13.2. The molecule has 1 fully saturated rings. The van der Waals surface area contributed by atoms with E-state index in [0.29, 0.717) is 12.5 Å². The number of amides is 1. The van der Waals surface area contributed by atoms with Crippen molar-refractivity contribution in [2.45, 2.75) is 31.4 Å². The Balaban J connectivity index is 1.14. The monoisotopic (exact) mass is 592 g/mol. The lowest BCUT2D eigenvalue weighted by molar-refractivity contribution is 0.134. The molecule has 0 saturated heterocycles. The molecular formula is C38H32N4O3. The quantitative estimate of drug-likeness (QED) is 0.174. The first kappa shape index (κ1) is 28.2. The van der Waals surface area contributed by atoms with Gasteiger partial charge in [-0.25, -0.2) is 14.8 Å². The lowest BCUT2D eigenvalue weighted by Gasteiger charge is -2.19. The molecule has 1 amide bonds. The van der Waals surface area contributed by atoms with Crippen LogP contribution in [-0.4, -0.2) is 27.7 Å². The largest absolute Gasteiger partial charge is 0.477 e. The van der Waals surface area contributed by atoms with Gasteiger partial charge in [-0.3, -0.25) is 4.98 Å². The first-order valence-corrected chi connectivity index (χ1v) is 15.1. The van der Waals surface area contributed by atoms with Gasteiger partial charge in [0.1, 0.15) is 6.61 Å². The molecule has 1 aliphatic carbocycles. The second kappa shape index (κ2) is 12.6. The minimum atomic E-state index is -0.407. The summed E-state index contributed by atoms with van der Waals surface area (Å²) in [5.74, 6) is 0.564. The van der Waals surface area contributed by atoms with Crippen LogP contribution in [0.4, 0.5) is 4.79 Å². The number of nitrogens with one attached hydrogen (secondary N) is 1. The Labute approximate surface area is 261 Å². The molecule has 1 saturated carbocycles. The van der Waals surface area contributed by atoms with Gasteiger partial charge in [-0.1, -0.05) is 84.9 Å². The van der Waals surface area contributed by atoms with E-state index in [9.17, 15) is 4.79 Å². The van der Waals surface area contributed by atoms with E-state index in [0.717, 1.165) is 69.2 Å². The number of carbonyl (C=O) groups excluding carboxylic acids is 1. The van der Waals surface area contributed by atoms with Gasteiger partial charge < -0.3 is 14.8 Å². The van der Waals surface area contributed by atoms with Crippen molar-refractivity contribution >= 4 is 17.0 Å². The first-order valence-electron chi connectivity index (χ1n) is 15.1. The van der Waals surface area contributed by atoms with Crippen LogP contribution >= 0.6 is 0 Å². The Hall–Kier alpha value is -5.56. The van der Waals surface area contributed by atoms with Crippen molar-refractivity contribution in [3.63, 3.8) is 0 Å². The van der Waals surface area contributed by atoms with E-state index in [2.05, 4.69) is 57.7 Å². The van der Waals surface area contributed by atoms with Crippen molar-refractivity contribution in [1.29, 1.82) is 0 Å². The topological polar surface area (TPSA) is 86.2 Å². The number of fused-ring (bicyclic) bond motifs is 1. The number of pyridine rings is 3. The number of aromatic nitrogens is 3. The van der Waals surface area contributed by atoms with E-state index in [-0.39, 0.29) is 6.61 Å². The maximum atomic E-state index is 12.7. The fourth-order valence-corrected chi connectivity index (χ4v) is 5.57. The van der Waals surface area contributed by atoms with Crippen molar-refractivity contribution in [3.05, 3.63) is 144 Å². The van der Waals surface area contributed by atoms with E-state index < -0.39 is 11.6 Å². The molecule has 1 N–H and O–H groups in total.